The molecule has 2 amide bonds. The second-order valence-electron chi connectivity index (χ2n) is 9.59. The lowest BCUT2D eigenvalue weighted by atomic mass is 10.1. The van der Waals surface area contributed by atoms with Crippen LogP contribution in [0.4, 0.5) is 0 Å². The molecule has 1 N–H and O–H groups in total. The number of nitrogens with zero attached hydrogens (tertiary/aromatic N) is 3. The molecule has 0 atom stereocenters. The van der Waals surface area contributed by atoms with E-state index in [1.807, 2.05) is 16.5 Å². The van der Waals surface area contributed by atoms with Crippen LogP contribution in [0.1, 0.15) is 87.9 Å². The summed E-state index contributed by atoms with van der Waals surface area (Å²) in [5.41, 5.74) is 3.41. The topological polar surface area (TPSA) is 103 Å². The Morgan fingerprint density at radius 3 is 2.51 bits per heavy atom. The molecule has 9 nitrogen and oxygen atoms in total. The highest BCUT2D eigenvalue weighted by Crippen LogP contribution is 2.19. The fourth-order valence-electron chi connectivity index (χ4n) is 4.90. The first kappa shape index (κ1) is 26.9. The molecule has 1 saturated heterocycles. The average molecular weight is 511 g/mol. The molecule has 2 aromatic rings. The molecular weight excluding hydrogens is 472 g/mol. The molecule has 0 saturated carbocycles. The zero-order chi connectivity index (χ0) is 26.0. The van der Waals surface area contributed by atoms with Crippen molar-refractivity contribution in [1.29, 1.82) is 0 Å². The van der Waals surface area contributed by atoms with Crippen molar-refractivity contribution < 1.29 is 23.9 Å². The predicted octanol–water partition coefficient (Wildman–Crippen LogP) is 3.40. The number of benzene rings is 1. The summed E-state index contributed by atoms with van der Waals surface area (Å²) in [6.45, 7) is 6.25. The third-order valence-corrected chi connectivity index (χ3v) is 6.90. The van der Waals surface area contributed by atoms with Crippen molar-refractivity contribution in [3.63, 3.8) is 0 Å². The van der Waals surface area contributed by atoms with E-state index in [1.54, 1.807) is 24.3 Å². The normalized spacial score (nSPS) is 16.9. The Morgan fingerprint density at radius 2 is 1.76 bits per heavy atom. The summed E-state index contributed by atoms with van der Waals surface area (Å²) in [5, 5.41) is 7.70. The average Bonchev–Trinajstić information content (AvgIpc) is 3.27. The van der Waals surface area contributed by atoms with Gasteiger partial charge in [0.15, 0.2) is 0 Å². The maximum absolute atomic E-state index is 12.9. The highest BCUT2D eigenvalue weighted by Gasteiger charge is 2.23. The lowest BCUT2D eigenvalue weighted by Gasteiger charge is -2.26. The molecule has 37 heavy (non-hydrogen) atoms. The van der Waals surface area contributed by atoms with E-state index in [9.17, 15) is 14.4 Å². The standard InChI is InChI=1S/C28H38N4O5/c1-2-23-25-24(9-6-18-36-19-7-14-29-26(25)33)32(30-23)17-8-20-37-28(35)22-12-10-21(11-13-22)27(34)31-15-4-3-5-16-31/h10-13H,2-9,14-20H2,1H3,(H,29,33). The van der Waals surface area contributed by atoms with Crippen LogP contribution < -0.4 is 5.32 Å². The van der Waals surface area contributed by atoms with E-state index in [2.05, 4.69) is 5.32 Å². The third kappa shape index (κ3) is 6.97. The summed E-state index contributed by atoms with van der Waals surface area (Å²) in [6.07, 6.45) is 6.81. The largest absolute Gasteiger partial charge is 0.462 e. The smallest absolute Gasteiger partial charge is 0.338 e. The van der Waals surface area contributed by atoms with E-state index in [0.29, 0.717) is 62.3 Å². The van der Waals surface area contributed by atoms with Crippen molar-refractivity contribution in [3.8, 4) is 0 Å². The van der Waals surface area contributed by atoms with Gasteiger partial charge < -0.3 is 19.7 Å². The summed E-state index contributed by atoms with van der Waals surface area (Å²) in [6, 6.07) is 6.70. The van der Waals surface area contributed by atoms with Gasteiger partial charge in [-0.3, -0.25) is 14.3 Å². The number of ether oxygens (including phenoxy) is 2. The van der Waals surface area contributed by atoms with Crippen molar-refractivity contribution in [2.75, 3.05) is 39.5 Å². The lowest BCUT2D eigenvalue weighted by Crippen LogP contribution is -2.35. The molecule has 1 aromatic heterocycles. The monoisotopic (exact) mass is 510 g/mol. The van der Waals surface area contributed by atoms with Gasteiger partial charge in [-0.1, -0.05) is 6.92 Å². The number of amides is 2. The van der Waals surface area contributed by atoms with Crippen molar-refractivity contribution in [2.24, 2.45) is 0 Å². The van der Waals surface area contributed by atoms with Crippen LogP contribution in [0, 0.1) is 0 Å². The van der Waals surface area contributed by atoms with Gasteiger partial charge in [0.2, 0.25) is 0 Å². The molecule has 0 aliphatic carbocycles. The number of rotatable bonds is 7. The van der Waals surface area contributed by atoms with Gasteiger partial charge in [-0.05, 0) is 69.2 Å². The Bertz CT molecular complexity index is 1070. The van der Waals surface area contributed by atoms with E-state index in [0.717, 1.165) is 50.2 Å². The summed E-state index contributed by atoms with van der Waals surface area (Å²) >= 11 is 0. The first-order chi connectivity index (χ1) is 18.1. The zero-order valence-corrected chi connectivity index (χ0v) is 21.8. The van der Waals surface area contributed by atoms with Gasteiger partial charge in [-0.2, -0.15) is 5.10 Å². The Labute approximate surface area is 218 Å². The van der Waals surface area contributed by atoms with Gasteiger partial charge in [0.05, 0.1) is 29.1 Å². The molecule has 1 fully saturated rings. The molecule has 200 valence electrons. The first-order valence-electron chi connectivity index (χ1n) is 13.6. The van der Waals surface area contributed by atoms with Gasteiger partial charge in [-0.25, -0.2) is 4.79 Å². The number of hydrogen-bond acceptors (Lipinski definition) is 6. The molecule has 0 bridgehead atoms. The quantitative estimate of drug-likeness (QED) is 0.452. The van der Waals surface area contributed by atoms with Gasteiger partial charge >= 0.3 is 5.97 Å². The number of likely N-dealkylation sites (tertiary alicyclic amines) is 1. The van der Waals surface area contributed by atoms with Crippen molar-refractivity contribution in [2.45, 2.75) is 64.8 Å². The van der Waals surface area contributed by atoms with E-state index in [1.165, 1.54) is 6.42 Å². The number of esters is 1. The minimum atomic E-state index is -0.414. The Balaban J connectivity index is 1.32. The first-order valence-corrected chi connectivity index (χ1v) is 13.6. The number of carbonyl (C=O) groups excluding carboxylic acids is 3. The van der Waals surface area contributed by atoms with Crippen molar-refractivity contribution in [1.82, 2.24) is 20.0 Å². The number of nitrogens with one attached hydrogen (secondary N) is 1. The highest BCUT2D eigenvalue weighted by atomic mass is 16.5. The van der Waals surface area contributed by atoms with Gasteiger partial charge in [0.25, 0.3) is 11.8 Å². The predicted molar refractivity (Wildman–Crippen MR) is 139 cm³/mol. The van der Waals surface area contributed by atoms with E-state index >= 15 is 0 Å². The number of aryl methyl sites for hydroxylation is 2. The summed E-state index contributed by atoms with van der Waals surface area (Å²) in [7, 11) is 0. The Kier molecular flexibility index (Phi) is 9.71. The van der Waals surface area contributed by atoms with Crippen LogP contribution in [-0.2, 0) is 28.9 Å². The van der Waals surface area contributed by atoms with E-state index < -0.39 is 5.97 Å². The van der Waals surface area contributed by atoms with Crippen molar-refractivity contribution in [3.05, 3.63) is 52.3 Å². The fourth-order valence-corrected chi connectivity index (χ4v) is 4.90. The molecule has 1 aromatic carbocycles. The van der Waals surface area contributed by atoms with Crippen LogP contribution in [0.15, 0.2) is 24.3 Å². The van der Waals surface area contributed by atoms with Crippen molar-refractivity contribution >= 4 is 17.8 Å². The molecule has 9 heteroatoms. The maximum atomic E-state index is 12.9. The zero-order valence-electron chi connectivity index (χ0n) is 21.8. The summed E-state index contributed by atoms with van der Waals surface area (Å²) < 4.78 is 13.0. The van der Waals surface area contributed by atoms with Crippen LogP contribution >= 0.6 is 0 Å². The lowest BCUT2D eigenvalue weighted by molar-refractivity contribution is 0.0493. The van der Waals surface area contributed by atoms with Gasteiger partial charge in [0.1, 0.15) is 0 Å². The molecule has 2 aliphatic heterocycles. The summed E-state index contributed by atoms with van der Waals surface area (Å²) in [5.74, 6) is -0.474. The van der Waals surface area contributed by atoms with E-state index in [-0.39, 0.29) is 18.4 Å². The molecule has 2 aliphatic rings. The Hall–Kier alpha value is -3.20. The minimum Gasteiger partial charge on any atom is -0.462 e. The number of fused-ring (bicyclic) bond motifs is 1. The Morgan fingerprint density at radius 1 is 1.03 bits per heavy atom. The van der Waals surface area contributed by atoms with Gasteiger partial charge in [0, 0.05) is 51.4 Å². The van der Waals surface area contributed by atoms with Crippen LogP contribution in [0.3, 0.4) is 0 Å². The van der Waals surface area contributed by atoms with Crippen LogP contribution in [0.5, 0.6) is 0 Å². The minimum absolute atomic E-state index is 0.0160. The van der Waals surface area contributed by atoms with Gasteiger partial charge in [-0.15, -0.1) is 0 Å². The molecule has 0 spiro atoms. The third-order valence-electron chi connectivity index (χ3n) is 6.90. The molecule has 0 radical (unpaired) electrons. The van der Waals surface area contributed by atoms with Crippen LogP contribution in [0.25, 0.3) is 0 Å². The SMILES string of the molecule is CCc1nn(CCCOC(=O)c2ccc(C(=O)N3CCCCC3)cc2)c2c1C(=O)NCCCOCCC2. The number of aromatic nitrogens is 2. The fraction of sp³-hybridized carbons (Fsp3) is 0.571. The number of hydrogen-bond donors (Lipinski definition) is 1. The number of piperidine rings is 1. The summed E-state index contributed by atoms with van der Waals surface area (Å²) in [4.78, 5) is 39.9. The number of carbonyl (C=O) groups is 3. The molecule has 3 heterocycles. The molecule has 0 unspecified atom stereocenters. The second-order valence-corrected chi connectivity index (χ2v) is 9.59. The molecular formula is C28H38N4O5. The maximum Gasteiger partial charge on any atom is 0.338 e. The molecule has 4 rings (SSSR count). The van der Waals surface area contributed by atoms with Crippen LogP contribution in [-0.4, -0.2) is 71.9 Å². The van der Waals surface area contributed by atoms with E-state index in [4.69, 9.17) is 14.6 Å². The highest BCUT2D eigenvalue weighted by molar-refractivity contribution is 5.97. The second kappa shape index (κ2) is 13.4. The van der Waals surface area contributed by atoms with Crippen LogP contribution in [0.2, 0.25) is 0 Å².